The van der Waals surface area contributed by atoms with Crippen LogP contribution in [-0.2, 0) is 13.1 Å². The number of nitrogens with zero attached hydrogens (tertiary/aromatic N) is 1. The van der Waals surface area contributed by atoms with Gasteiger partial charge in [0.25, 0.3) is 5.91 Å². The Hall–Kier alpha value is -1.22. The molecule has 0 spiro atoms. The van der Waals surface area contributed by atoms with Crippen molar-refractivity contribution >= 4 is 44.4 Å². The number of rotatable bonds is 4. The van der Waals surface area contributed by atoms with Gasteiger partial charge in [-0.05, 0) is 58.0 Å². The molecule has 23 heavy (non-hydrogen) atoms. The predicted octanol–water partition coefficient (Wildman–Crippen LogP) is 4.81. The molecule has 1 aliphatic heterocycles. The number of carbonyl (C=O) groups is 1. The zero-order chi connectivity index (χ0) is 16.6. The molecule has 1 amide bonds. The second-order valence-electron chi connectivity index (χ2n) is 5.11. The highest BCUT2D eigenvalue weighted by molar-refractivity contribution is 14.1. The Labute approximate surface area is 153 Å². The van der Waals surface area contributed by atoms with Crippen LogP contribution in [-0.4, -0.2) is 17.4 Å². The zero-order valence-electron chi connectivity index (χ0n) is 11.7. The van der Waals surface area contributed by atoms with Crippen molar-refractivity contribution in [3.63, 3.8) is 0 Å². The van der Waals surface area contributed by atoms with Crippen LogP contribution < -0.4 is 4.74 Å². The Kier molecular flexibility index (Phi) is 4.86. The number of halogens is 4. The van der Waals surface area contributed by atoms with Gasteiger partial charge in [0.05, 0.1) is 5.56 Å². The van der Waals surface area contributed by atoms with Gasteiger partial charge in [0.1, 0.15) is 5.75 Å². The Morgan fingerprint density at radius 1 is 1.26 bits per heavy atom. The van der Waals surface area contributed by atoms with Crippen molar-refractivity contribution < 1.29 is 18.3 Å². The normalized spacial score (nSPS) is 13.6. The Morgan fingerprint density at radius 2 is 1.96 bits per heavy atom. The first-order chi connectivity index (χ1) is 10.9. The first-order valence-electron chi connectivity index (χ1n) is 6.75. The quantitative estimate of drug-likeness (QED) is 0.572. The van der Waals surface area contributed by atoms with Gasteiger partial charge in [0.2, 0.25) is 0 Å². The summed E-state index contributed by atoms with van der Waals surface area (Å²) in [6.07, 6.45) is 0. The average molecular weight is 494 g/mol. The Balaban J connectivity index is 1.83. The maximum atomic E-state index is 12.5. The number of hydrogen-bond donors (Lipinski definition) is 0. The zero-order valence-corrected chi connectivity index (χ0v) is 15.5. The van der Waals surface area contributed by atoms with E-state index in [1.165, 1.54) is 12.1 Å². The molecular formula is C16H11BrF2INO2. The summed E-state index contributed by atoms with van der Waals surface area (Å²) in [5, 5.41) is 0. The molecule has 2 aromatic carbocycles. The van der Waals surface area contributed by atoms with Crippen molar-refractivity contribution in [2.24, 2.45) is 0 Å². The third kappa shape index (κ3) is 3.65. The van der Waals surface area contributed by atoms with Crippen molar-refractivity contribution in [2.75, 3.05) is 0 Å². The maximum Gasteiger partial charge on any atom is 0.387 e. The SMILES string of the molecule is O=C1c2c(I)cc(OC(F)F)cc2CN1Cc1ccc(Br)cc1. The fourth-order valence-electron chi connectivity index (χ4n) is 2.54. The molecule has 7 heteroatoms. The number of fused-ring (bicyclic) bond motifs is 1. The van der Waals surface area contributed by atoms with Crippen LogP contribution in [0.1, 0.15) is 21.5 Å². The van der Waals surface area contributed by atoms with Crippen LogP contribution in [0.4, 0.5) is 8.78 Å². The maximum absolute atomic E-state index is 12.5. The lowest BCUT2D eigenvalue weighted by molar-refractivity contribution is -0.0499. The number of hydrogen-bond acceptors (Lipinski definition) is 2. The van der Waals surface area contributed by atoms with Crippen molar-refractivity contribution in [1.82, 2.24) is 4.90 Å². The molecule has 0 saturated carbocycles. The number of ether oxygens (including phenoxy) is 1. The van der Waals surface area contributed by atoms with E-state index in [4.69, 9.17) is 0 Å². The molecule has 0 fully saturated rings. The lowest BCUT2D eigenvalue weighted by Crippen LogP contribution is -2.23. The summed E-state index contributed by atoms with van der Waals surface area (Å²) >= 11 is 5.35. The highest BCUT2D eigenvalue weighted by atomic mass is 127. The first-order valence-corrected chi connectivity index (χ1v) is 8.62. The van der Waals surface area contributed by atoms with Crippen molar-refractivity contribution in [2.45, 2.75) is 19.7 Å². The van der Waals surface area contributed by atoms with Gasteiger partial charge in [-0.2, -0.15) is 8.78 Å². The second-order valence-corrected chi connectivity index (χ2v) is 7.18. The summed E-state index contributed by atoms with van der Waals surface area (Å²) in [7, 11) is 0. The second kappa shape index (κ2) is 6.72. The molecule has 3 nitrogen and oxygen atoms in total. The molecule has 0 atom stereocenters. The van der Waals surface area contributed by atoms with E-state index in [0.29, 0.717) is 22.2 Å². The van der Waals surface area contributed by atoms with E-state index in [9.17, 15) is 13.6 Å². The van der Waals surface area contributed by atoms with Crippen molar-refractivity contribution in [3.8, 4) is 5.75 Å². The molecule has 1 aliphatic rings. The van der Waals surface area contributed by atoms with E-state index in [2.05, 4.69) is 20.7 Å². The van der Waals surface area contributed by atoms with Crippen LogP contribution in [0.2, 0.25) is 0 Å². The summed E-state index contributed by atoms with van der Waals surface area (Å²) in [6.45, 7) is -2.01. The third-order valence-electron chi connectivity index (χ3n) is 3.52. The molecule has 0 N–H and O–H groups in total. The van der Waals surface area contributed by atoms with Gasteiger partial charge in [-0.1, -0.05) is 28.1 Å². The predicted molar refractivity (Wildman–Crippen MR) is 93.5 cm³/mol. The minimum Gasteiger partial charge on any atom is -0.435 e. The summed E-state index contributed by atoms with van der Waals surface area (Å²) in [4.78, 5) is 14.2. The lowest BCUT2D eigenvalue weighted by atomic mass is 10.1. The minimum absolute atomic E-state index is 0.0847. The van der Waals surface area contributed by atoms with E-state index >= 15 is 0 Å². The number of amides is 1. The van der Waals surface area contributed by atoms with Crippen molar-refractivity contribution in [1.29, 1.82) is 0 Å². The number of benzene rings is 2. The standard InChI is InChI=1S/C16H11BrF2INO2/c17-11-3-1-9(2-4-11)7-21-8-10-5-12(23-16(18)19)6-13(20)14(10)15(21)22/h1-6,16H,7-8H2. The molecule has 120 valence electrons. The first kappa shape index (κ1) is 16.6. The van der Waals surface area contributed by atoms with E-state index in [0.717, 1.165) is 15.6 Å². The van der Waals surface area contributed by atoms with Gasteiger partial charge < -0.3 is 9.64 Å². The van der Waals surface area contributed by atoms with E-state index in [1.807, 2.05) is 46.9 Å². The monoisotopic (exact) mass is 493 g/mol. The van der Waals surface area contributed by atoms with Gasteiger partial charge in [0, 0.05) is 21.1 Å². The fourth-order valence-corrected chi connectivity index (χ4v) is 3.69. The molecule has 0 saturated heterocycles. The van der Waals surface area contributed by atoms with Crippen LogP contribution >= 0.6 is 38.5 Å². The molecule has 2 aromatic rings. The molecular weight excluding hydrogens is 483 g/mol. The smallest absolute Gasteiger partial charge is 0.387 e. The minimum atomic E-state index is -2.88. The van der Waals surface area contributed by atoms with Gasteiger partial charge >= 0.3 is 6.61 Å². The summed E-state index contributed by atoms with van der Waals surface area (Å²) in [6, 6.07) is 10.7. The highest BCUT2D eigenvalue weighted by Gasteiger charge is 2.30. The lowest BCUT2D eigenvalue weighted by Gasteiger charge is -2.15. The van der Waals surface area contributed by atoms with E-state index < -0.39 is 6.61 Å². The van der Waals surface area contributed by atoms with E-state index in [1.54, 1.807) is 4.90 Å². The van der Waals surface area contributed by atoms with Gasteiger partial charge in [-0.3, -0.25) is 4.79 Å². The van der Waals surface area contributed by atoms with Crippen LogP contribution in [0, 0.1) is 3.57 Å². The Bertz CT molecular complexity index is 752. The van der Waals surface area contributed by atoms with Crippen LogP contribution in [0.3, 0.4) is 0 Å². The molecule has 0 radical (unpaired) electrons. The third-order valence-corrected chi connectivity index (χ3v) is 4.90. The topological polar surface area (TPSA) is 29.5 Å². The number of alkyl halides is 2. The van der Waals surface area contributed by atoms with Crippen LogP contribution in [0.25, 0.3) is 0 Å². The highest BCUT2D eigenvalue weighted by Crippen LogP contribution is 2.32. The molecule has 0 unspecified atom stereocenters. The average Bonchev–Trinajstić information content (AvgIpc) is 2.77. The molecule has 3 rings (SSSR count). The number of carbonyl (C=O) groups excluding carboxylic acids is 1. The van der Waals surface area contributed by atoms with Crippen LogP contribution in [0.15, 0.2) is 40.9 Å². The molecule has 1 heterocycles. The summed E-state index contributed by atoms with van der Waals surface area (Å²) < 4.78 is 30.8. The molecule has 0 aromatic heterocycles. The molecule has 0 bridgehead atoms. The van der Waals surface area contributed by atoms with Crippen LogP contribution in [0.5, 0.6) is 5.75 Å². The van der Waals surface area contributed by atoms with Crippen molar-refractivity contribution in [3.05, 3.63) is 61.1 Å². The van der Waals surface area contributed by atoms with Gasteiger partial charge in [-0.15, -0.1) is 0 Å². The van der Waals surface area contributed by atoms with Gasteiger partial charge in [0.15, 0.2) is 0 Å². The summed E-state index contributed by atoms with van der Waals surface area (Å²) in [5.41, 5.74) is 2.30. The Morgan fingerprint density at radius 3 is 2.61 bits per heavy atom. The molecule has 0 aliphatic carbocycles. The largest absolute Gasteiger partial charge is 0.435 e. The van der Waals surface area contributed by atoms with E-state index in [-0.39, 0.29) is 11.7 Å². The van der Waals surface area contributed by atoms with Gasteiger partial charge in [-0.25, -0.2) is 0 Å². The fraction of sp³-hybridized carbons (Fsp3) is 0.188. The summed E-state index contributed by atoms with van der Waals surface area (Å²) in [5.74, 6) is -0.00245.